The molecule has 0 aliphatic rings. The van der Waals surface area contributed by atoms with E-state index < -0.39 is 0 Å². The topological polar surface area (TPSA) is 73.2 Å². The Kier molecular flexibility index (Phi) is 4.28. The maximum Gasteiger partial charge on any atom is 0.263 e. The highest BCUT2D eigenvalue weighted by atomic mass is 32.1. The number of nitrogens with zero attached hydrogens (tertiary/aromatic N) is 2. The number of amides is 1. The van der Waals surface area contributed by atoms with E-state index in [1.54, 1.807) is 11.4 Å². The SMILES string of the molecule is CC(C)CONC(=O)Cn1cnc2sccc2c1=O. The third-order valence-corrected chi connectivity index (χ3v) is 3.19. The molecule has 0 atom stereocenters. The minimum Gasteiger partial charge on any atom is -0.289 e. The first-order chi connectivity index (χ1) is 9.08. The normalized spacial score (nSPS) is 11.1. The van der Waals surface area contributed by atoms with Gasteiger partial charge in [0.25, 0.3) is 11.5 Å². The molecule has 0 aliphatic carbocycles. The summed E-state index contributed by atoms with van der Waals surface area (Å²) in [5.74, 6) is -0.0500. The Morgan fingerprint density at radius 3 is 3.11 bits per heavy atom. The summed E-state index contributed by atoms with van der Waals surface area (Å²) in [6.07, 6.45) is 1.38. The van der Waals surface area contributed by atoms with Crippen LogP contribution in [0.5, 0.6) is 0 Å². The molecule has 102 valence electrons. The first-order valence-corrected chi connectivity index (χ1v) is 6.79. The van der Waals surface area contributed by atoms with Gasteiger partial charge in [0, 0.05) is 0 Å². The van der Waals surface area contributed by atoms with Crippen LogP contribution in [-0.2, 0) is 16.2 Å². The molecule has 19 heavy (non-hydrogen) atoms. The number of nitrogens with one attached hydrogen (secondary N) is 1. The molecule has 0 unspecified atom stereocenters. The molecule has 2 rings (SSSR count). The van der Waals surface area contributed by atoms with E-state index in [0.29, 0.717) is 22.7 Å². The van der Waals surface area contributed by atoms with E-state index in [9.17, 15) is 9.59 Å². The molecule has 2 aromatic rings. The number of thiophene rings is 1. The number of rotatable bonds is 5. The van der Waals surface area contributed by atoms with Crippen molar-refractivity contribution >= 4 is 27.5 Å². The summed E-state index contributed by atoms with van der Waals surface area (Å²) >= 11 is 1.40. The summed E-state index contributed by atoms with van der Waals surface area (Å²) in [6, 6.07) is 1.71. The second kappa shape index (κ2) is 5.94. The van der Waals surface area contributed by atoms with E-state index in [4.69, 9.17) is 4.84 Å². The third-order valence-electron chi connectivity index (χ3n) is 2.37. The first-order valence-electron chi connectivity index (χ1n) is 5.91. The van der Waals surface area contributed by atoms with Crippen LogP contribution in [0.2, 0.25) is 0 Å². The molecule has 7 heteroatoms. The molecule has 0 aromatic carbocycles. The van der Waals surface area contributed by atoms with Crippen LogP contribution in [0.25, 0.3) is 10.2 Å². The minimum absolute atomic E-state index is 0.101. The van der Waals surface area contributed by atoms with Crippen molar-refractivity contribution in [2.24, 2.45) is 5.92 Å². The largest absolute Gasteiger partial charge is 0.289 e. The van der Waals surface area contributed by atoms with Gasteiger partial charge in [0.05, 0.1) is 18.3 Å². The zero-order valence-corrected chi connectivity index (χ0v) is 11.6. The van der Waals surface area contributed by atoms with Crippen molar-refractivity contribution in [3.8, 4) is 0 Å². The van der Waals surface area contributed by atoms with Gasteiger partial charge in [-0.25, -0.2) is 10.5 Å². The van der Waals surface area contributed by atoms with Gasteiger partial charge in [0.15, 0.2) is 0 Å². The van der Waals surface area contributed by atoms with E-state index in [1.165, 1.54) is 22.2 Å². The second-order valence-corrected chi connectivity index (χ2v) is 5.44. The molecule has 1 N–H and O–H groups in total. The van der Waals surface area contributed by atoms with Gasteiger partial charge in [-0.05, 0) is 17.4 Å². The van der Waals surface area contributed by atoms with Crippen molar-refractivity contribution < 1.29 is 9.63 Å². The lowest BCUT2D eigenvalue weighted by molar-refractivity contribution is -0.135. The summed E-state index contributed by atoms with van der Waals surface area (Å²) in [5.41, 5.74) is 2.09. The summed E-state index contributed by atoms with van der Waals surface area (Å²) in [4.78, 5) is 33.4. The van der Waals surface area contributed by atoms with Crippen molar-refractivity contribution in [2.45, 2.75) is 20.4 Å². The quantitative estimate of drug-likeness (QED) is 0.835. The van der Waals surface area contributed by atoms with Crippen LogP contribution in [0, 0.1) is 5.92 Å². The molecule has 2 heterocycles. The molecule has 0 saturated carbocycles. The lowest BCUT2D eigenvalue weighted by Gasteiger charge is -2.08. The Balaban J connectivity index is 2.03. The monoisotopic (exact) mass is 281 g/mol. The Hall–Kier alpha value is -1.73. The van der Waals surface area contributed by atoms with Crippen molar-refractivity contribution in [3.05, 3.63) is 28.1 Å². The molecular formula is C12H15N3O3S. The Labute approximate surface area is 114 Å². The zero-order valence-electron chi connectivity index (χ0n) is 10.8. The highest BCUT2D eigenvalue weighted by Crippen LogP contribution is 2.12. The number of carbonyl (C=O) groups excluding carboxylic acids is 1. The standard InChI is InChI=1S/C12H15N3O3S/c1-8(2)6-18-14-10(16)5-15-7-13-11-9(12(15)17)3-4-19-11/h3-4,7-8H,5-6H2,1-2H3,(H,14,16). The Morgan fingerprint density at radius 2 is 2.37 bits per heavy atom. The Bertz CT molecular complexity index is 632. The van der Waals surface area contributed by atoms with Crippen LogP contribution in [0.3, 0.4) is 0 Å². The summed E-state index contributed by atoms with van der Waals surface area (Å²) in [7, 11) is 0. The predicted molar refractivity (Wildman–Crippen MR) is 72.8 cm³/mol. The van der Waals surface area contributed by atoms with Crippen molar-refractivity contribution in [3.63, 3.8) is 0 Å². The smallest absolute Gasteiger partial charge is 0.263 e. The van der Waals surface area contributed by atoms with Crippen LogP contribution in [0.15, 0.2) is 22.6 Å². The van der Waals surface area contributed by atoms with Crippen molar-refractivity contribution in [1.82, 2.24) is 15.0 Å². The first kappa shape index (κ1) is 13.7. The number of aromatic nitrogens is 2. The predicted octanol–water partition coefficient (Wildman–Crippen LogP) is 1.16. The van der Waals surface area contributed by atoms with Crippen LogP contribution in [0.4, 0.5) is 0 Å². The number of fused-ring (bicyclic) bond motifs is 1. The van der Waals surface area contributed by atoms with E-state index in [-0.39, 0.29) is 18.0 Å². The van der Waals surface area contributed by atoms with Crippen LogP contribution in [-0.4, -0.2) is 22.1 Å². The van der Waals surface area contributed by atoms with Crippen LogP contribution >= 0.6 is 11.3 Å². The fourth-order valence-corrected chi connectivity index (χ4v) is 2.21. The number of hydroxylamine groups is 1. The van der Waals surface area contributed by atoms with Gasteiger partial charge >= 0.3 is 0 Å². The van der Waals surface area contributed by atoms with Crippen molar-refractivity contribution in [1.29, 1.82) is 0 Å². The number of carbonyl (C=O) groups is 1. The maximum absolute atomic E-state index is 12.0. The van der Waals surface area contributed by atoms with Crippen molar-refractivity contribution in [2.75, 3.05) is 6.61 Å². The third kappa shape index (κ3) is 3.39. The summed E-state index contributed by atoms with van der Waals surface area (Å²) in [5, 5.41) is 2.33. The van der Waals surface area contributed by atoms with E-state index in [0.717, 1.165) is 0 Å². The average Bonchev–Trinajstić information content (AvgIpc) is 2.81. The molecule has 0 spiro atoms. The molecular weight excluding hydrogens is 266 g/mol. The summed E-state index contributed by atoms with van der Waals surface area (Å²) in [6.45, 7) is 4.29. The van der Waals surface area contributed by atoms with Crippen LogP contribution in [0.1, 0.15) is 13.8 Å². The lowest BCUT2D eigenvalue weighted by Crippen LogP contribution is -2.33. The Morgan fingerprint density at radius 1 is 1.58 bits per heavy atom. The molecule has 0 saturated heterocycles. The van der Waals surface area contributed by atoms with E-state index >= 15 is 0 Å². The summed E-state index contributed by atoms with van der Waals surface area (Å²) < 4.78 is 1.27. The molecule has 0 aliphatic heterocycles. The molecule has 0 fully saturated rings. The van der Waals surface area contributed by atoms with Gasteiger partial charge < -0.3 is 0 Å². The highest BCUT2D eigenvalue weighted by molar-refractivity contribution is 7.16. The molecule has 0 radical (unpaired) electrons. The van der Waals surface area contributed by atoms with Gasteiger partial charge in [-0.2, -0.15) is 0 Å². The van der Waals surface area contributed by atoms with Gasteiger partial charge in [-0.15, -0.1) is 11.3 Å². The average molecular weight is 281 g/mol. The van der Waals surface area contributed by atoms with Crippen LogP contribution < -0.4 is 11.0 Å². The molecule has 2 aromatic heterocycles. The second-order valence-electron chi connectivity index (χ2n) is 4.55. The maximum atomic E-state index is 12.0. The minimum atomic E-state index is -0.376. The van der Waals surface area contributed by atoms with E-state index in [2.05, 4.69) is 10.5 Å². The lowest BCUT2D eigenvalue weighted by atomic mass is 10.2. The van der Waals surface area contributed by atoms with Gasteiger partial charge in [0.2, 0.25) is 0 Å². The van der Waals surface area contributed by atoms with Gasteiger partial charge in [-0.3, -0.25) is 19.0 Å². The van der Waals surface area contributed by atoms with Gasteiger partial charge in [-0.1, -0.05) is 13.8 Å². The number of hydrogen-bond acceptors (Lipinski definition) is 5. The molecule has 0 bridgehead atoms. The highest BCUT2D eigenvalue weighted by Gasteiger charge is 2.08. The van der Waals surface area contributed by atoms with E-state index in [1.807, 2.05) is 13.8 Å². The molecule has 6 nitrogen and oxygen atoms in total. The number of hydrogen-bond donors (Lipinski definition) is 1. The zero-order chi connectivity index (χ0) is 13.8. The fourth-order valence-electron chi connectivity index (χ4n) is 1.48. The van der Waals surface area contributed by atoms with Gasteiger partial charge in [0.1, 0.15) is 11.4 Å². The molecule has 1 amide bonds. The fraction of sp³-hybridized carbons (Fsp3) is 0.417.